The van der Waals surface area contributed by atoms with Gasteiger partial charge in [-0.25, -0.2) is 0 Å². The van der Waals surface area contributed by atoms with Crippen LogP contribution < -0.4 is 0 Å². The summed E-state index contributed by atoms with van der Waals surface area (Å²) in [7, 11) is 1.89. The van der Waals surface area contributed by atoms with Gasteiger partial charge in [0.2, 0.25) is 0 Å². The maximum absolute atomic E-state index is 8.87. The molecule has 0 aromatic heterocycles. The number of hydrogen-bond acceptors (Lipinski definition) is 2. The largest absolute Gasteiger partial charge is 0.390 e. The normalized spacial score (nSPS) is 9.93. The van der Waals surface area contributed by atoms with Gasteiger partial charge in [0, 0.05) is 24.3 Å². The first-order chi connectivity index (χ1) is 6.63. The molecule has 0 bridgehead atoms. The van der Waals surface area contributed by atoms with E-state index >= 15 is 0 Å². The lowest BCUT2D eigenvalue weighted by atomic mass is 10.2. The maximum atomic E-state index is 8.87. The van der Waals surface area contributed by atoms with E-state index in [1.165, 1.54) is 0 Å². The number of aliphatic hydroxyl groups is 1. The van der Waals surface area contributed by atoms with Crippen molar-refractivity contribution in [3.63, 3.8) is 0 Å². The summed E-state index contributed by atoms with van der Waals surface area (Å²) < 4.78 is 0. The summed E-state index contributed by atoms with van der Waals surface area (Å²) in [5.41, 5.74) is 1.81. The fourth-order valence-corrected chi connectivity index (χ4v) is 1.35. The first-order valence-corrected chi connectivity index (χ1v) is 4.75. The van der Waals surface area contributed by atoms with Crippen LogP contribution in [0.4, 0.5) is 0 Å². The van der Waals surface area contributed by atoms with Gasteiger partial charge in [0.05, 0.1) is 6.61 Å². The Bertz CT molecular complexity index is 325. The van der Waals surface area contributed by atoms with Gasteiger partial charge in [-0.15, -0.1) is 0 Å². The Balaban J connectivity index is 2.64. The molecule has 3 heteroatoms. The molecular weight excluding hydrogens is 198 g/mol. The summed E-state index contributed by atoms with van der Waals surface area (Å²) in [6, 6.07) is 7.65. The zero-order valence-electron chi connectivity index (χ0n) is 8.20. The Kier molecular flexibility index (Phi) is 3.98. The zero-order chi connectivity index (χ0) is 10.6. The second kappa shape index (κ2) is 5.03. The Hall–Kier alpha value is -0.990. The Labute approximate surface area is 89.4 Å². The topological polar surface area (TPSA) is 23.5 Å². The minimum atomic E-state index is -0.0168. The van der Waals surface area contributed by atoms with E-state index in [0.29, 0.717) is 12.2 Å². The lowest BCUT2D eigenvalue weighted by molar-refractivity contribution is 0.272. The lowest BCUT2D eigenvalue weighted by Gasteiger charge is -2.20. The predicted octanol–water partition coefficient (Wildman–Crippen LogP) is 2.28. The summed E-state index contributed by atoms with van der Waals surface area (Å²) >= 11 is 5.85. The first-order valence-electron chi connectivity index (χ1n) is 4.37. The number of likely N-dealkylation sites (N-methyl/N-ethyl adjacent to an activating group) is 1. The van der Waals surface area contributed by atoms with Crippen LogP contribution in [0, 0.1) is 0 Å². The molecule has 2 nitrogen and oxygen atoms in total. The highest BCUT2D eigenvalue weighted by Crippen LogP contribution is 2.13. The van der Waals surface area contributed by atoms with Crippen molar-refractivity contribution in [2.24, 2.45) is 0 Å². The third kappa shape index (κ3) is 3.05. The van der Waals surface area contributed by atoms with Crippen molar-refractivity contribution in [1.29, 1.82) is 0 Å². The van der Waals surface area contributed by atoms with Gasteiger partial charge in [0.15, 0.2) is 0 Å². The summed E-state index contributed by atoms with van der Waals surface area (Å²) in [6.07, 6.45) is 0. The van der Waals surface area contributed by atoms with E-state index < -0.39 is 0 Å². The smallest absolute Gasteiger partial charge is 0.0823 e. The minimum Gasteiger partial charge on any atom is -0.390 e. The molecule has 76 valence electrons. The van der Waals surface area contributed by atoms with E-state index in [4.69, 9.17) is 16.7 Å². The van der Waals surface area contributed by atoms with Gasteiger partial charge in [0.25, 0.3) is 0 Å². The highest BCUT2D eigenvalue weighted by atomic mass is 35.5. The quantitative estimate of drug-likeness (QED) is 0.826. The summed E-state index contributed by atoms with van der Waals surface area (Å²) in [5, 5.41) is 9.60. The highest BCUT2D eigenvalue weighted by Gasteiger charge is 2.02. The number of rotatable bonds is 4. The highest BCUT2D eigenvalue weighted by molar-refractivity contribution is 6.30. The van der Waals surface area contributed by atoms with Crippen molar-refractivity contribution >= 4 is 11.6 Å². The molecule has 1 N–H and O–H groups in total. The van der Waals surface area contributed by atoms with Gasteiger partial charge in [-0.05, 0) is 17.7 Å². The van der Waals surface area contributed by atoms with Crippen molar-refractivity contribution in [3.8, 4) is 0 Å². The molecule has 0 heterocycles. The van der Waals surface area contributed by atoms with Crippen LogP contribution in [0.15, 0.2) is 36.5 Å². The Morgan fingerprint density at radius 3 is 2.86 bits per heavy atom. The number of benzene rings is 1. The molecule has 0 saturated carbocycles. The van der Waals surface area contributed by atoms with E-state index in [9.17, 15) is 0 Å². The molecule has 0 aliphatic rings. The second-order valence-corrected chi connectivity index (χ2v) is 3.65. The Morgan fingerprint density at radius 2 is 2.29 bits per heavy atom. The molecule has 0 aliphatic heterocycles. The van der Waals surface area contributed by atoms with Crippen LogP contribution in [0.25, 0.3) is 0 Å². The van der Waals surface area contributed by atoms with Gasteiger partial charge >= 0.3 is 0 Å². The third-order valence-electron chi connectivity index (χ3n) is 2.03. The molecule has 0 aliphatic carbocycles. The fourth-order valence-electron chi connectivity index (χ4n) is 1.14. The molecule has 0 radical (unpaired) electrons. The third-order valence-corrected chi connectivity index (χ3v) is 2.27. The molecule has 14 heavy (non-hydrogen) atoms. The van der Waals surface area contributed by atoms with E-state index in [-0.39, 0.29) is 6.61 Å². The van der Waals surface area contributed by atoms with E-state index in [2.05, 4.69) is 6.58 Å². The van der Waals surface area contributed by atoms with Gasteiger partial charge < -0.3 is 10.0 Å². The van der Waals surface area contributed by atoms with Crippen LogP contribution in [0.5, 0.6) is 0 Å². The van der Waals surface area contributed by atoms with Crippen molar-refractivity contribution in [3.05, 3.63) is 47.1 Å². The SMILES string of the molecule is C=C(CO)N(C)Cc1cccc(Cl)c1. The fraction of sp³-hybridized carbons (Fsp3) is 0.273. The molecule has 1 rings (SSSR count). The maximum Gasteiger partial charge on any atom is 0.0823 e. The van der Waals surface area contributed by atoms with Crippen LogP contribution in [0.2, 0.25) is 5.02 Å². The molecule has 0 amide bonds. The van der Waals surface area contributed by atoms with Crippen LogP contribution >= 0.6 is 11.6 Å². The van der Waals surface area contributed by atoms with Crippen LogP contribution in [-0.2, 0) is 6.54 Å². The number of aliphatic hydroxyl groups excluding tert-OH is 1. The molecule has 0 unspecified atom stereocenters. The lowest BCUT2D eigenvalue weighted by Crippen LogP contribution is -2.18. The van der Waals surface area contributed by atoms with Crippen LogP contribution in [0.3, 0.4) is 0 Å². The minimum absolute atomic E-state index is 0.0168. The van der Waals surface area contributed by atoms with Crippen molar-refractivity contribution in [1.82, 2.24) is 4.90 Å². The molecule has 0 atom stereocenters. The monoisotopic (exact) mass is 211 g/mol. The number of halogens is 1. The molecular formula is C11H14ClNO. The molecule has 1 aromatic rings. The van der Waals surface area contributed by atoms with Crippen molar-refractivity contribution < 1.29 is 5.11 Å². The molecule has 0 spiro atoms. The van der Waals surface area contributed by atoms with E-state index in [0.717, 1.165) is 10.6 Å². The second-order valence-electron chi connectivity index (χ2n) is 3.21. The zero-order valence-corrected chi connectivity index (χ0v) is 8.96. The first kappa shape index (κ1) is 11.1. The summed E-state index contributed by atoms with van der Waals surface area (Å²) in [6.45, 7) is 4.43. The summed E-state index contributed by atoms with van der Waals surface area (Å²) in [4.78, 5) is 1.89. The van der Waals surface area contributed by atoms with Crippen LogP contribution in [-0.4, -0.2) is 23.7 Å². The Morgan fingerprint density at radius 1 is 1.57 bits per heavy atom. The van der Waals surface area contributed by atoms with Gasteiger partial charge in [0.1, 0.15) is 0 Å². The average Bonchev–Trinajstić information content (AvgIpc) is 2.16. The predicted molar refractivity (Wildman–Crippen MR) is 59.1 cm³/mol. The molecule has 0 fully saturated rings. The van der Waals surface area contributed by atoms with Crippen LogP contribution in [0.1, 0.15) is 5.56 Å². The molecule has 0 saturated heterocycles. The van der Waals surface area contributed by atoms with Gasteiger partial charge in [-0.1, -0.05) is 30.3 Å². The van der Waals surface area contributed by atoms with Crippen molar-refractivity contribution in [2.75, 3.05) is 13.7 Å². The van der Waals surface area contributed by atoms with Gasteiger partial charge in [-0.3, -0.25) is 0 Å². The van der Waals surface area contributed by atoms with Crippen molar-refractivity contribution in [2.45, 2.75) is 6.54 Å². The van der Waals surface area contributed by atoms with E-state index in [1.54, 1.807) is 0 Å². The summed E-state index contributed by atoms with van der Waals surface area (Å²) in [5.74, 6) is 0. The number of hydrogen-bond donors (Lipinski definition) is 1. The number of nitrogens with zero attached hydrogens (tertiary/aromatic N) is 1. The standard InChI is InChI=1S/C11H14ClNO/c1-9(8-14)13(2)7-10-4-3-5-11(12)6-10/h3-6,14H,1,7-8H2,2H3. The average molecular weight is 212 g/mol. The molecule has 1 aromatic carbocycles. The van der Waals surface area contributed by atoms with E-state index in [1.807, 2.05) is 36.2 Å². The van der Waals surface area contributed by atoms with Gasteiger partial charge in [-0.2, -0.15) is 0 Å².